The Morgan fingerprint density at radius 2 is 1.82 bits per heavy atom. The van der Waals surface area contributed by atoms with Gasteiger partial charge in [-0.25, -0.2) is 4.79 Å². The fraction of sp³-hybridized carbons (Fsp3) is 0.727. The van der Waals surface area contributed by atoms with Crippen LogP contribution in [0.2, 0.25) is 0 Å². The second kappa shape index (κ2) is 8.70. The van der Waals surface area contributed by atoms with E-state index in [9.17, 15) is 4.79 Å². The molecule has 0 amide bonds. The molecule has 2 rings (SSSR count). The number of rotatable bonds is 5. The van der Waals surface area contributed by atoms with Gasteiger partial charge in [0.2, 0.25) is 0 Å². The van der Waals surface area contributed by atoms with Gasteiger partial charge in [0, 0.05) is 24.8 Å². The van der Waals surface area contributed by atoms with Gasteiger partial charge in [0.05, 0.1) is 27.6 Å². The molecule has 0 aliphatic carbocycles. The van der Waals surface area contributed by atoms with Gasteiger partial charge in [-0.15, -0.1) is 0 Å². The molecule has 0 spiro atoms. The maximum absolute atomic E-state index is 13.0. The van der Waals surface area contributed by atoms with Crippen LogP contribution in [0.4, 0.5) is 5.69 Å². The molecule has 1 aliphatic heterocycles. The second-order valence-corrected chi connectivity index (χ2v) is 10.5. The van der Waals surface area contributed by atoms with E-state index in [1.54, 1.807) is 6.20 Å². The summed E-state index contributed by atoms with van der Waals surface area (Å²) in [5.74, 6) is -0.374. The van der Waals surface area contributed by atoms with E-state index in [1.165, 1.54) is 0 Å². The number of piperidine rings is 1. The molecule has 1 saturated heterocycles. The summed E-state index contributed by atoms with van der Waals surface area (Å²) in [6.07, 6.45) is 2.94. The first kappa shape index (κ1) is 23.1. The van der Waals surface area contributed by atoms with Crippen molar-refractivity contribution in [1.82, 2.24) is 4.98 Å². The van der Waals surface area contributed by atoms with Crippen molar-refractivity contribution in [2.75, 3.05) is 18.0 Å². The van der Waals surface area contributed by atoms with Crippen molar-refractivity contribution in [3.8, 4) is 0 Å². The minimum atomic E-state index is -0.822. The maximum atomic E-state index is 13.0. The third kappa shape index (κ3) is 5.93. The average molecular weight is 455 g/mol. The molecule has 0 saturated carbocycles. The smallest absolute Gasteiger partial charge is 0.340 e. The molecule has 0 N–H and O–H groups in total. The molecule has 158 valence electrons. The van der Waals surface area contributed by atoms with E-state index >= 15 is 0 Å². The number of nitrogens with zero attached hydrogens (tertiary/aromatic N) is 2. The first-order valence-electron chi connectivity index (χ1n) is 10.1. The van der Waals surface area contributed by atoms with Crippen molar-refractivity contribution in [2.24, 2.45) is 5.41 Å². The van der Waals surface area contributed by atoms with Crippen LogP contribution in [0, 0.1) is 12.3 Å². The molecule has 1 aromatic rings. The van der Waals surface area contributed by atoms with E-state index in [4.69, 9.17) is 9.47 Å². The molecule has 0 aromatic carbocycles. The lowest BCUT2D eigenvalue weighted by atomic mass is 9.82. The molecular weight excluding hydrogens is 420 g/mol. The number of pyridine rings is 1. The Labute approximate surface area is 178 Å². The van der Waals surface area contributed by atoms with Gasteiger partial charge >= 0.3 is 5.97 Å². The van der Waals surface area contributed by atoms with Gasteiger partial charge in [0.15, 0.2) is 6.10 Å². The van der Waals surface area contributed by atoms with Gasteiger partial charge in [-0.2, -0.15) is 0 Å². The zero-order valence-corrected chi connectivity index (χ0v) is 20.1. The van der Waals surface area contributed by atoms with Crippen LogP contribution in [0.5, 0.6) is 0 Å². The van der Waals surface area contributed by atoms with E-state index in [1.807, 2.05) is 41.5 Å². The Balaban J connectivity index is 2.51. The molecule has 6 heteroatoms. The highest BCUT2D eigenvalue weighted by Crippen LogP contribution is 2.41. The number of esters is 1. The van der Waals surface area contributed by atoms with Gasteiger partial charge in [0.25, 0.3) is 0 Å². The number of aryl methyl sites for hydroxylation is 1. The highest BCUT2D eigenvalue weighted by atomic mass is 79.9. The highest BCUT2D eigenvalue weighted by molar-refractivity contribution is 9.10. The number of aromatic nitrogens is 1. The lowest BCUT2D eigenvalue weighted by Crippen LogP contribution is -2.39. The molecule has 0 bridgehead atoms. The minimum absolute atomic E-state index is 0.209. The number of carbonyl (C=O) groups is 1. The SMILES string of the molecule is Cc1ncc(C(OC(C)(C)C)C(=O)OC(C)C)c(N2CCC(C)(C)CC2)c1Br. The summed E-state index contributed by atoms with van der Waals surface area (Å²) >= 11 is 3.73. The molecule has 1 aromatic heterocycles. The van der Waals surface area contributed by atoms with Crippen molar-refractivity contribution in [2.45, 2.75) is 86.0 Å². The van der Waals surface area contributed by atoms with Crippen molar-refractivity contribution in [3.63, 3.8) is 0 Å². The summed E-state index contributed by atoms with van der Waals surface area (Å²) in [6.45, 7) is 18.0. The topological polar surface area (TPSA) is 51.7 Å². The highest BCUT2D eigenvalue weighted by Gasteiger charge is 2.35. The van der Waals surface area contributed by atoms with E-state index < -0.39 is 11.7 Å². The molecule has 5 nitrogen and oxygen atoms in total. The second-order valence-electron chi connectivity index (χ2n) is 9.71. The standard InChI is InChI=1S/C22H35BrN2O3/c1-14(2)27-20(26)19(28-21(4,5)6)16-13-24-15(3)17(23)18(16)25-11-9-22(7,8)10-12-25/h13-14,19H,9-12H2,1-8H3. The number of carbonyl (C=O) groups excluding carboxylic acids is 1. The summed E-state index contributed by atoms with van der Waals surface area (Å²) < 4.78 is 12.6. The number of anilines is 1. The van der Waals surface area contributed by atoms with Crippen molar-refractivity contribution < 1.29 is 14.3 Å². The summed E-state index contributed by atoms with van der Waals surface area (Å²) in [5.41, 5.74) is 2.49. The molecule has 0 radical (unpaired) electrons. The summed E-state index contributed by atoms with van der Waals surface area (Å²) in [6, 6.07) is 0. The Kier molecular flexibility index (Phi) is 7.19. The van der Waals surface area contributed by atoms with E-state index in [-0.39, 0.29) is 12.1 Å². The predicted octanol–water partition coefficient (Wildman–Crippen LogP) is 5.59. The van der Waals surface area contributed by atoms with Crippen LogP contribution in [0.15, 0.2) is 10.7 Å². The molecule has 1 fully saturated rings. The molecule has 1 unspecified atom stereocenters. The van der Waals surface area contributed by atoms with Gasteiger partial charge in [-0.1, -0.05) is 13.8 Å². The molecule has 28 heavy (non-hydrogen) atoms. The van der Waals surface area contributed by atoms with E-state index in [0.29, 0.717) is 5.41 Å². The Morgan fingerprint density at radius 1 is 1.25 bits per heavy atom. The van der Waals surface area contributed by atoms with Crippen LogP contribution in [-0.4, -0.2) is 35.7 Å². The summed E-state index contributed by atoms with van der Waals surface area (Å²) in [7, 11) is 0. The zero-order chi connectivity index (χ0) is 21.3. The first-order chi connectivity index (χ1) is 12.8. The van der Waals surface area contributed by atoms with Crippen molar-refractivity contribution in [3.05, 3.63) is 21.9 Å². The van der Waals surface area contributed by atoms with Crippen molar-refractivity contribution in [1.29, 1.82) is 0 Å². The normalized spacial score (nSPS) is 18.3. The van der Waals surface area contributed by atoms with Gasteiger partial charge in [-0.3, -0.25) is 4.98 Å². The summed E-state index contributed by atoms with van der Waals surface area (Å²) in [4.78, 5) is 19.8. The Morgan fingerprint density at radius 3 is 2.32 bits per heavy atom. The van der Waals surface area contributed by atoms with E-state index in [0.717, 1.165) is 47.3 Å². The first-order valence-corrected chi connectivity index (χ1v) is 10.9. The minimum Gasteiger partial charge on any atom is -0.461 e. The number of halogens is 1. The number of hydrogen-bond donors (Lipinski definition) is 0. The largest absolute Gasteiger partial charge is 0.461 e. The third-order valence-electron chi connectivity index (χ3n) is 4.95. The van der Waals surface area contributed by atoms with Gasteiger partial charge in [-0.05, 0) is 75.7 Å². The predicted molar refractivity (Wildman–Crippen MR) is 117 cm³/mol. The molecule has 2 heterocycles. The number of hydrogen-bond acceptors (Lipinski definition) is 5. The van der Waals surface area contributed by atoms with Gasteiger partial charge in [0.1, 0.15) is 0 Å². The monoisotopic (exact) mass is 454 g/mol. The van der Waals surface area contributed by atoms with Crippen LogP contribution in [-0.2, 0) is 14.3 Å². The van der Waals surface area contributed by atoms with Crippen LogP contribution < -0.4 is 4.90 Å². The van der Waals surface area contributed by atoms with Gasteiger partial charge < -0.3 is 14.4 Å². The molecule has 1 atom stereocenters. The fourth-order valence-electron chi connectivity index (χ4n) is 3.32. The average Bonchev–Trinajstić information content (AvgIpc) is 2.54. The third-order valence-corrected chi connectivity index (χ3v) is 5.90. The van der Waals surface area contributed by atoms with Crippen LogP contribution in [0.1, 0.15) is 78.7 Å². The molecular formula is C22H35BrN2O3. The Hall–Kier alpha value is -1.14. The maximum Gasteiger partial charge on any atom is 0.340 e. The van der Waals surface area contributed by atoms with Crippen LogP contribution in [0.25, 0.3) is 0 Å². The molecule has 1 aliphatic rings. The zero-order valence-electron chi connectivity index (χ0n) is 18.6. The quantitative estimate of drug-likeness (QED) is 0.542. The summed E-state index contributed by atoms with van der Waals surface area (Å²) in [5, 5.41) is 0. The van der Waals surface area contributed by atoms with E-state index in [2.05, 4.69) is 39.7 Å². The fourth-order valence-corrected chi connectivity index (χ4v) is 3.90. The van der Waals surface area contributed by atoms with Crippen LogP contribution in [0.3, 0.4) is 0 Å². The lowest BCUT2D eigenvalue weighted by Gasteiger charge is -2.40. The lowest BCUT2D eigenvalue weighted by molar-refractivity contribution is -0.171. The number of ether oxygens (including phenoxy) is 2. The Bertz CT molecular complexity index is 700. The van der Waals surface area contributed by atoms with Crippen molar-refractivity contribution >= 4 is 27.6 Å². The van der Waals surface area contributed by atoms with Crippen LogP contribution >= 0.6 is 15.9 Å².